The first kappa shape index (κ1) is 14.1. The lowest BCUT2D eigenvalue weighted by atomic mass is 10.3. The van der Waals surface area contributed by atoms with Crippen LogP contribution in [0.25, 0.3) is 0 Å². The summed E-state index contributed by atoms with van der Waals surface area (Å²) in [5, 5.41) is 8.62. The zero-order chi connectivity index (χ0) is 14.6. The van der Waals surface area contributed by atoms with E-state index in [2.05, 4.69) is 14.7 Å². The zero-order valence-electron chi connectivity index (χ0n) is 10.7. The van der Waals surface area contributed by atoms with Gasteiger partial charge in [0.25, 0.3) is 0 Å². The molecule has 6 nitrogen and oxygen atoms in total. The average molecular weight is 288 g/mol. The monoisotopic (exact) mass is 288 g/mol. The molecule has 7 heteroatoms. The fourth-order valence-corrected chi connectivity index (χ4v) is 2.50. The number of hydrogen-bond acceptors (Lipinski definition) is 5. The molecule has 0 aliphatic rings. The number of hydrogen-bond donors (Lipinski definition) is 1. The van der Waals surface area contributed by atoms with Gasteiger partial charge in [0.05, 0.1) is 12.2 Å². The highest BCUT2D eigenvalue weighted by atomic mass is 32.2. The number of sulfonamides is 1. The van der Waals surface area contributed by atoms with E-state index in [0.29, 0.717) is 5.69 Å². The lowest BCUT2D eigenvalue weighted by molar-refractivity contribution is 0.580. The highest BCUT2D eigenvalue weighted by Gasteiger charge is 2.14. The number of aromatic nitrogens is 2. The summed E-state index contributed by atoms with van der Waals surface area (Å²) in [5.74, 6) is 0. The van der Waals surface area contributed by atoms with Gasteiger partial charge in [-0.15, -0.1) is 0 Å². The smallest absolute Gasteiger partial charge is 0.242 e. The van der Waals surface area contributed by atoms with Gasteiger partial charge >= 0.3 is 0 Å². The van der Waals surface area contributed by atoms with Crippen molar-refractivity contribution in [2.45, 2.75) is 18.4 Å². The Morgan fingerprint density at radius 1 is 1.30 bits per heavy atom. The molecule has 0 bridgehead atoms. The van der Waals surface area contributed by atoms with Gasteiger partial charge in [-0.25, -0.2) is 18.1 Å². The first-order valence-electron chi connectivity index (χ1n) is 5.79. The van der Waals surface area contributed by atoms with Crippen molar-refractivity contribution in [3.05, 3.63) is 53.6 Å². The number of pyridine rings is 2. The summed E-state index contributed by atoms with van der Waals surface area (Å²) in [6.45, 7) is 1.94. The zero-order valence-corrected chi connectivity index (χ0v) is 11.6. The topological polar surface area (TPSA) is 95.7 Å². The molecule has 0 aromatic carbocycles. The second kappa shape index (κ2) is 5.77. The fourth-order valence-electron chi connectivity index (χ4n) is 1.56. The van der Waals surface area contributed by atoms with Crippen LogP contribution in [0.15, 0.2) is 41.4 Å². The lowest BCUT2D eigenvalue weighted by Crippen LogP contribution is -2.24. The van der Waals surface area contributed by atoms with Gasteiger partial charge in [-0.2, -0.15) is 5.26 Å². The number of nitrogens with one attached hydrogen (secondary N) is 1. The first-order chi connectivity index (χ1) is 9.51. The summed E-state index contributed by atoms with van der Waals surface area (Å²) in [7, 11) is -3.66. The Balaban J connectivity index is 2.13. The molecule has 0 radical (unpaired) electrons. The van der Waals surface area contributed by atoms with Crippen molar-refractivity contribution in [3.8, 4) is 6.07 Å². The molecule has 0 saturated carbocycles. The predicted molar refractivity (Wildman–Crippen MR) is 72.0 cm³/mol. The summed E-state index contributed by atoms with van der Waals surface area (Å²) in [5.41, 5.74) is 1.63. The van der Waals surface area contributed by atoms with Gasteiger partial charge in [0.2, 0.25) is 10.0 Å². The van der Waals surface area contributed by atoms with E-state index in [1.54, 1.807) is 6.07 Å². The van der Waals surface area contributed by atoms with Crippen molar-refractivity contribution in [2.24, 2.45) is 0 Å². The van der Waals surface area contributed by atoms with Gasteiger partial charge in [-0.05, 0) is 31.2 Å². The van der Waals surface area contributed by atoms with E-state index in [1.807, 2.05) is 25.1 Å². The highest BCUT2D eigenvalue weighted by molar-refractivity contribution is 7.89. The average Bonchev–Trinajstić information content (AvgIpc) is 2.45. The molecule has 1 N–H and O–H groups in total. The molecule has 0 aliphatic heterocycles. The fraction of sp³-hybridized carbons (Fsp3) is 0.154. The van der Waals surface area contributed by atoms with Crippen LogP contribution in [-0.2, 0) is 16.6 Å². The molecular weight excluding hydrogens is 276 g/mol. The molecule has 0 unspecified atom stereocenters. The van der Waals surface area contributed by atoms with Crippen LogP contribution in [0.2, 0.25) is 0 Å². The summed E-state index contributed by atoms with van der Waals surface area (Å²) >= 11 is 0. The highest BCUT2D eigenvalue weighted by Crippen LogP contribution is 2.08. The Morgan fingerprint density at radius 3 is 2.70 bits per heavy atom. The maximum Gasteiger partial charge on any atom is 0.242 e. The van der Waals surface area contributed by atoms with Crippen molar-refractivity contribution in [3.63, 3.8) is 0 Å². The van der Waals surface area contributed by atoms with E-state index in [-0.39, 0.29) is 17.1 Å². The van der Waals surface area contributed by atoms with Crippen LogP contribution in [0.1, 0.15) is 17.1 Å². The molecule has 2 rings (SSSR count). The summed E-state index contributed by atoms with van der Waals surface area (Å²) in [6.07, 6.45) is 1.16. The Labute approximate surface area is 117 Å². The van der Waals surface area contributed by atoms with Crippen molar-refractivity contribution < 1.29 is 8.42 Å². The molecule has 2 aromatic heterocycles. The largest absolute Gasteiger partial charge is 0.257 e. The number of rotatable bonds is 4. The van der Waals surface area contributed by atoms with E-state index in [9.17, 15) is 8.42 Å². The van der Waals surface area contributed by atoms with Crippen molar-refractivity contribution in [1.82, 2.24) is 14.7 Å². The van der Waals surface area contributed by atoms with E-state index in [0.717, 1.165) is 11.9 Å². The number of aryl methyl sites for hydroxylation is 1. The van der Waals surface area contributed by atoms with Crippen LogP contribution in [0.5, 0.6) is 0 Å². The van der Waals surface area contributed by atoms with Crippen LogP contribution in [0.4, 0.5) is 0 Å². The normalized spacial score (nSPS) is 11.0. The quantitative estimate of drug-likeness (QED) is 0.910. The van der Waals surface area contributed by atoms with Gasteiger partial charge < -0.3 is 0 Å². The second-order valence-electron chi connectivity index (χ2n) is 4.09. The lowest BCUT2D eigenvalue weighted by Gasteiger charge is -2.06. The second-order valence-corrected chi connectivity index (χ2v) is 5.85. The Kier molecular flexibility index (Phi) is 4.08. The van der Waals surface area contributed by atoms with Crippen LogP contribution in [-0.4, -0.2) is 18.4 Å². The van der Waals surface area contributed by atoms with Gasteiger partial charge in [-0.1, -0.05) is 6.07 Å². The van der Waals surface area contributed by atoms with Gasteiger partial charge in [0, 0.05) is 11.9 Å². The molecule has 0 aliphatic carbocycles. The number of nitriles is 1. The van der Waals surface area contributed by atoms with Crippen molar-refractivity contribution >= 4 is 10.0 Å². The van der Waals surface area contributed by atoms with Gasteiger partial charge in [0.1, 0.15) is 16.7 Å². The van der Waals surface area contributed by atoms with Crippen LogP contribution in [0.3, 0.4) is 0 Å². The SMILES string of the molecule is Cc1cccc(CNS(=O)(=O)c2ccc(C#N)nc2)n1. The minimum absolute atomic E-state index is 0.0177. The minimum Gasteiger partial charge on any atom is -0.257 e. The predicted octanol–water partition coefficient (Wildman–Crippen LogP) is 1.14. The molecule has 0 atom stereocenters. The molecule has 0 saturated heterocycles. The third kappa shape index (κ3) is 3.38. The van der Waals surface area contributed by atoms with E-state index in [1.165, 1.54) is 12.1 Å². The Hall–Kier alpha value is -2.30. The van der Waals surface area contributed by atoms with Crippen LogP contribution < -0.4 is 4.72 Å². The summed E-state index contributed by atoms with van der Waals surface area (Å²) < 4.78 is 26.5. The summed E-state index contributed by atoms with van der Waals surface area (Å²) in [4.78, 5) is 7.97. The van der Waals surface area contributed by atoms with Crippen LogP contribution in [0, 0.1) is 18.3 Å². The molecule has 0 spiro atoms. The van der Waals surface area contributed by atoms with E-state index in [4.69, 9.17) is 5.26 Å². The van der Waals surface area contributed by atoms with Crippen molar-refractivity contribution in [2.75, 3.05) is 0 Å². The molecule has 0 amide bonds. The molecular formula is C13H12N4O2S. The standard InChI is InChI=1S/C13H12N4O2S/c1-10-3-2-4-12(17-10)8-16-20(18,19)13-6-5-11(7-14)15-9-13/h2-6,9,16H,8H2,1H3. The minimum atomic E-state index is -3.66. The third-order valence-corrected chi connectivity index (χ3v) is 3.94. The molecule has 102 valence electrons. The summed E-state index contributed by atoms with van der Waals surface area (Å²) in [6, 6.07) is 9.93. The van der Waals surface area contributed by atoms with Gasteiger partial charge in [-0.3, -0.25) is 4.98 Å². The Morgan fingerprint density at radius 2 is 2.10 bits per heavy atom. The molecule has 0 fully saturated rings. The molecule has 2 aromatic rings. The third-order valence-electron chi connectivity index (χ3n) is 2.55. The number of nitrogens with zero attached hydrogens (tertiary/aromatic N) is 3. The van der Waals surface area contributed by atoms with Gasteiger partial charge in [0.15, 0.2) is 0 Å². The molecule has 20 heavy (non-hydrogen) atoms. The Bertz CT molecular complexity index is 749. The van der Waals surface area contributed by atoms with E-state index >= 15 is 0 Å². The maximum atomic E-state index is 12.0. The van der Waals surface area contributed by atoms with E-state index < -0.39 is 10.0 Å². The van der Waals surface area contributed by atoms with Crippen molar-refractivity contribution in [1.29, 1.82) is 5.26 Å². The van der Waals surface area contributed by atoms with Crippen LogP contribution >= 0.6 is 0 Å². The first-order valence-corrected chi connectivity index (χ1v) is 7.28. The molecule has 2 heterocycles. The maximum absolute atomic E-state index is 12.0.